The van der Waals surface area contributed by atoms with E-state index in [1.165, 1.54) is 12.3 Å². The van der Waals surface area contributed by atoms with E-state index >= 15 is 0 Å². The minimum Gasteiger partial charge on any atom is -0.437 e. The highest BCUT2D eigenvalue weighted by atomic mass is 35.5. The van der Waals surface area contributed by atoms with Crippen molar-refractivity contribution in [3.05, 3.63) is 83.0 Å². The summed E-state index contributed by atoms with van der Waals surface area (Å²) in [6.07, 6.45) is -2.28. The molecule has 0 aliphatic heterocycles. The van der Waals surface area contributed by atoms with E-state index < -0.39 is 37.6 Å². The van der Waals surface area contributed by atoms with Crippen LogP contribution in [-0.4, -0.2) is 19.3 Å². The molecule has 35 heavy (non-hydrogen) atoms. The molecular formula is C23H19ClF3N3O4S. The molecule has 0 radical (unpaired) electrons. The number of carbonyl (C=O) groups is 1. The van der Waals surface area contributed by atoms with Gasteiger partial charge in [-0.3, -0.25) is 9.52 Å². The summed E-state index contributed by atoms with van der Waals surface area (Å²) in [6.45, 7) is 6.73. The fourth-order valence-electron chi connectivity index (χ4n) is 2.94. The molecule has 0 atom stereocenters. The van der Waals surface area contributed by atoms with Gasteiger partial charge in [-0.05, 0) is 73.5 Å². The summed E-state index contributed by atoms with van der Waals surface area (Å²) in [7, 11) is -4.46. The normalized spacial score (nSPS) is 11.6. The Balaban J connectivity index is 1.94. The van der Waals surface area contributed by atoms with E-state index in [0.717, 1.165) is 18.2 Å². The van der Waals surface area contributed by atoms with Crippen LogP contribution in [0.5, 0.6) is 11.6 Å². The molecule has 7 nitrogen and oxygen atoms in total. The first-order valence-electron chi connectivity index (χ1n) is 9.88. The van der Waals surface area contributed by atoms with Crippen LogP contribution in [0.1, 0.15) is 16.7 Å². The summed E-state index contributed by atoms with van der Waals surface area (Å²) in [5.41, 5.74) is 0.287. The molecule has 0 saturated heterocycles. The van der Waals surface area contributed by atoms with E-state index in [4.69, 9.17) is 16.3 Å². The minimum absolute atomic E-state index is 0.0862. The van der Waals surface area contributed by atoms with Crippen molar-refractivity contribution in [3.63, 3.8) is 0 Å². The first kappa shape index (κ1) is 26.0. The second-order valence-electron chi connectivity index (χ2n) is 7.39. The van der Waals surface area contributed by atoms with Crippen LogP contribution in [-0.2, 0) is 21.0 Å². The van der Waals surface area contributed by atoms with E-state index in [9.17, 15) is 26.4 Å². The Labute approximate surface area is 204 Å². The summed E-state index contributed by atoms with van der Waals surface area (Å²) in [5.74, 6) is -0.217. The monoisotopic (exact) mass is 525 g/mol. The highest BCUT2D eigenvalue weighted by molar-refractivity contribution is 7.92. The van der Waals surface area contributed by atoms with Gasteiger partial charge in [-0.15, -0.1) is 0 Å². The number of carbonyl (C=O) groups excluding carboxylic acids is 1. The van der Waals surface area contributed by atoms with Gasteiger partial charge < -0.3 is 10.1 Å². The molecule has 0 aliphatic rings. The number of nitrogens with zero attached hydrogens (tertiary/aromatic N) is 1. The van der Waals surface area contributed by atoms with Crippen molar-refractivity contribution in [1.82, 2.24) is 4.98 Å². The summed E-state index contributed by atoms with van der Waals surface area (Å²) in [6, 6.07) is 8.44. The smallest absolute Gasteiger partial charge is 0.417 e. The van der Waals surface area contributed by atoms with Gasteiger partial charge in [0.05, 0.1) is 15.5 Å². The Hall–Kier alpha value is -3.57. The highest BCUT2D eigenvalue weighted by Gasteiger charge is 2.34. The molecule has 1 heterocycles. The van der Waals surface area contributed by atoms with Gasteiger partial charge in [-0.1, -0.05) is 18.2 Å². The molecule has 12 heteroatoms. The second kappa shape index (κ2) is 9.96. The average Bonchev–Trinajstić information content (AvgIpc) is 2.76. The van der Waals surface area contributed by atoms with Crippen molar-refractivity contribution >= 4 is 38.9 Å². The Kier molecular flexibility index (Phi) is 7.41. The van der Waals surface area contributed by atoms with Crippen LogP contribution in [0, 0.1) is 13.8 Å². The lowest BCUT2D eigenvalue weighted by Crippen LogP contribution is -2.16. The van der Waals surface area contributed by atoms with Crippen LogP contribution >= 0.6 is 11.6 Å². The standard InChI is InChI=1S/C23H19ClF3N3O4S/c1-4-21(31)29-15-5-8-20(14(3)10-15)34-22-19(9-13(2)12-28-22)30-35(32,33)16-6-7-18(24)17(11-16)23(25,26)27/h4-12,30H,1H2,2-3H3,(H,29,31). The first-order valence-corrected chi connectivity index (χ1v) is 11.7. The van der Waals surface area contributed by atoms with Gasteiger partial charge >= 0.3 is 6.18 Å². The number of aromatic nitrogens is 1. The number of halogens is 4. The van der Waals surface area contributed by atoms with E-state index in [2.05, 4.69) is 21.6 Å². The third-order valence-corrected chi connectivity index (χ3v) is 6.31. The van der Waals surface area contributed by atoms with Crippen molar-refractivity contribution in [1.29, 1.82) is 0 Å². The van der Waals surface area contributed by atoms with Crippen LogP contribution in [0.2, 0.25) is 5.02 Å². The predicted octanol–water partition coefficient (Wildman–Crippen LogP) is 6.09. The van der Waals surface area contributed by atoms with Crippen LogP contribution in [0.15, 0.2) is 66.2 Å². The molecular weight excluding hydrogens is 507 g/mol. The molecule has 0 unspecified atom stereocenters. The van der Waals surface area contributed by atoms with Crippen molar-refractivity contribution < 1.29 is 31.1 Å². The number of rotatable bonds is 7. The summed E-state index contributed by atoms with van der Waals surface area (Å²) < 4.78 is 73.4. The van der Waals surface area contributed by atoms with Gasteiger partial charge in [0.1, 0.15) is 11.4 Å². The molecule has 1 amide bonds. The van der Waals surface area contributed by atoms with Gasteiger partial charge in [0, 0.05) is 11.9 Å². The van der Waals surface area contributed by atoms with Crippen LogP contribution in [0.4, 0.5) is 24.5 Å². The zero-order chi connectivity index (χ0) is 26.0. The third-order valence-electron chi connectivity index (χ3n) is 4.62. The number of benzene rings is 2. The molecule has 184 valence electrons. The summed E-state index contributed by atoms with van der Waals surface area (Å²) >= 11 is 5.60. The number of amides is 1. The van der Waals surface area contributed by atoms with E-state index in [0.29, 0.717) is 28.6 Å². The number of ether oxygens (including phenoxy) is 1. The van der Waals surface area contributed by atoms with Gasteiger partial charge in [0.15, 0.2) is 0 Å². The van der Waals surface area contributed by atoms with Crippen LogP contribution in [0.3, 0.4) is 0 Å². The maximum Gasteiger partial charge on any atom is 0.417 e. The Morgan fingerprint density at radius 2 is 1.86 bits per heavy atom. The number of anilines is 2. The summed E-state index contributed by atoms with van der Waals surface area (Å²) in [4.78, 5) is 15.0. The maximum atomic E-state index is 13.2. The number of hydrogen-bond donors (Lipinski definition) is 2. The molecule has 0 bridgehead atoms. The van der Waals surface area contributed by atoms with Gasteiger partial charge in [0.2, 0.25) is 11.8 Å². The zero-order valence-corrected chi connectivity index (χ0v) is 20.0. The predicted molar refractivity (Wildman–Crippen MR) is 126 cm³/mol. The molecule has 3 aromatic rings. The number of alkyl halides is 3. The van der Waals surface area contributed by atoms with Crippen molar-refractivity contribution in [3.8, 4) is 11.6 Å². The Morgan fingerprint density at radius 3 is 2.49 bits per heavy atom. The second-order valence-corrected chi connectivity index (χ2v) is 9.48. The van der Waals surface area contributed by atoms with Gasteiger partial charge in [-0.25, -0.2) is 13.4 Å². The fraction of sp³-hybridized carbons (Fsp3) is 0.130. The molecule has 0 saturated carbocycles. The number of pyridine rings is 1. The molecule has 1 aromatic heterocycles. The Bertz CT molecular complexity index is 1410. The minimum atomic E-state index is -4.84. The topological polar surface area (TPSA) is 97.4 Å². The van der Waals surface area contributed by atoms with Crippen molar-refractivity contribution in [2.24, 2.45) is 0 Å². The SMILES string of the molecule is C=CC(=O)Nc1ccc(Oc2ncc(C)cc2NS(=O)(=O)c2ccc(Cl)c(C(F)(F)F)c2)c(C)c1. The number of hydrogen-bond acceptors (Lipinski definition) is 5. The lowest BCUT2D eigenvalue weighted by Gasteiger charge is -2.16. The molecule has 0 spiro atoms. The van der Waals surface area contributed by atoms with Crippen LogP contribution in [0.25, 0.3) is 0 Å². The number of aryl methyl sites for hydroxylation is 2. The Morgan fingerprint density at radius 1 is 1.14 bits per heavy atom. The van der Waals surface area contributed by atoms with E-state index in [1.54, 1.807) is 32.0 Å². The highest BCUT2D eigenvalue weighted by Crippen LogP contribution is 2.37. The summed E-state index contributed by atoms with van der Waals surface area (Å²) in [5, 5.41) is 1.98. The lowest BCUT2D eigenvalue weighted by atomic mass is 10.2. The van der Waals surface area contributed by atoms with Gasteiger partial charge in [0.25, 0.3) is 10.0 Å². The molecule has 0 fully saturated rings. The average molecular weight is 526 g/mol. The molecule has 2 aromatic carbocycles. The lowest BCUT2D eigenvalue weighted by molar-refractivity contribution is -0.137. The van der Waals surface area contributed by atoms with Crippen molar-refractivity contribution in [2.45, 2.75) is 24.9 Å². The van der Waals surface area contributed by atoms with Crippen molar-refractivity contribution in [2.75, 3.05) is 10.0 Å². The molecule has 3 rings (SSSR count). The van der Waals surface area contributed by atoms with E-state index in [-0.39, 0.29) is 11.6 Å². The maximum absolute atomic E-state index is 13.2. The third kappa shape index (κ3) is 6.31. The van der Waals surface area contributed by atoms with E-state index in [1.807, 2.05) is 0 Å². The largest absolute Gasteiger partial charge is 0.437 e. The molecule has 0 aliphatic carbocycles. The van der Waals surface area contributed by atoms with Gasteiger partial charge in [-0.2, -0.15) is 13.2 Å². The number of sulfonamides is 1. The number of nitrogens with one attached hydrogen (secondary N) is 2. The fourth-order valence-corrected chi connectivity index (χ4v) is 4.24. The first-order chi connectivity index (χ1) is 16.3. The molecule has 2 N–H and O–H groups in total. The zero-order valence-electron chi connectivity index (χ0n) is 18.4. The van der Waals surface area contributed by atoms with Crippen LogP contribution < -0.4 is 14.8 Å². The quantitative estimate of drug-likeness (QED) is 0.364.